The zero-order chi connectivity index (χ0) is 15.6. The Labute approximate surface area is 137 Å². The highest BCUT2D eigenvalue weighted by molar-refractivity contribution is 6.36. The fourth-order valence-corrected chi connectivity index (χ4v) is 3.53. The van der Waals surface area contributed by atoms with E-state index in [9.17, 15) is 4.79 Å². The van der Waals surface area contributed by atoms with Gasteiger partial charge in [-0.3, -0.25) is 4.79 Å². The molecule has 4 heteroatoms. The van der Waals surface area contributed by atoms with Gasteiger partial charge in [0.05, 0.1) is 10.6 Å². The lowest BCUT2D eigenvalue weighted by Gasteiger charge is -2.37. The van der Waals surface area contributed by atoms with Crippen LogP contribution in [-0.4, -0.2) is 11.9 Å². The van der Waals surface area contributed by atoms with Gasteiger partial charge in [-0.1, -0.05) is 44.0 Å². The second-order valence-electron chi connectivity index (χ2n) is 7.01. The summed E-state index contributed by atoms with van der Waals surface area (Å²) in [5, 5.41) is 4.05. The Kier molecular flexibility index (Phi) is 5.21. The van der Waals surface area contributed by atoms with Gasteiger partial charge in [-0.25, -0.2) is 0 Å². The molecule has 1 aromatic rings. The van der Waals surface area contributed by atoms with Gasteiger partial charge in [-0.15, -0.1) is 0 Å². The molecule has 1 fully saturated rings. The van der Waals surface area contributed by atoms with Crippen LogP contribution in [0, 0.1) is 11.3 Å². The summed E-state index contributed by atoms with van der Waals surface area (Å²) in [4.78, 5) is 12.3. The van der Waals surface area contributed by atoms with Crippen LogP contribution >= 0.6 is 23.2 Å². The Morgan fingerprint density at radius 1 is 1.14 bits per heavy atom. The number of carbonyl (C=O) groups excluding carboxylic acids is 1. The van der Waals surface area contributed by atoms with Crippen molar-refractivity contribution in [1.29, 1.82) is 0 Å². The molecule has 0 unspecified atom stereocenters. The Morgan fingerprint density at radius 3 is 2.29 bits per heavy atom. The highest BCUT2D eigenvalue weighted by Crippen LogP contribution is 2.37. The third-order valence-electron chi connectivity index (χ3n) is 4.46. The van der Waals surface area contributed by atoms with Crippen molar-refractivity contribution in [2.45, 2.75) is 52.5 Å². The average molecular weight is 328 g/mol. The summed E-state index contributed by atoms with van der Waals surface area (Å²) in [6.07, 6.45) is 4.42. The molecule has 0 spiro atoms. The fourth-order valence-electron chi connectivity index (χ4n) is 3.04. The van der Waals surface area contributed by atoms with Gasteiger partial charge in [0.15, 0.2) is 0 Å². The minimum Gasteiger partial charge on any atom is -0.349 e. The van der Waals surface area contributed by atoms with E-state index >= 15 is 0 Å². The van der Waals surface area contributed by atoms with E-state index in [2.05, 4.69) is 26.1 Å². The second kappa shape index (κ2) is 6.58. The average Bonchev–Trinajstić information content (AvgIpc) is 2.38. The van der Waals surface area contributed by atoms with Gasteiger partial charge >= 0.3 is 0 Å². The molecule has 21 heavy (non-hydrogen) atoms. The number of hydrogen-bond acceptors (Lipinski definition) is 1. The van der Waals surface area contributed by atoms with E-state index in [0.29, 0.717) is 21.0 Å². The number of nitrogens with one attached hydrogen (secondary N) is 1. The predicted octanol–water partition coefficient (Wildman–Crippen LogP) is 5.33. The first-order valence-electron chi connectivity index (χ1n) is 7.53. The molecular formula is C17H23Cl2NO. The molecule has 1 amide bonds. The summed E-state index contributed by atoms with van der Waals surface area (Å²) in [6.45, 7) is 6.89. The van der Waals surface area contributed by atoms with Crippen LogP contribution in [-0.2, 0) is 0 Å². The van der Waals surface area contributed by atoms with E-state index < -0.39 is 0 Å². The summed E-state index contributed by atoms with van der Waals surface area (Å²) < 4.78 is 0. The van der Waals surface area contributed by atoms with E-state index in [1.54, 1.807) is 18.2 Å². The summed E-state index contributed by atoms with van der Waals surface area (Å²) in [7, 11) is 0. The molecule has 2 nitrogen and oxygen atoms in total. The van der Waals surface area contributed by atoms with Crippen LogP contribution < -0.4 is 5.32 Å². The number of halogens is 2. The third kappa shape index (κ3) is 4.37. The molecule has 1 N–H and O–H groups in total. The van der Waals surface area contributed by atoms with Gasteiger partial charge in [-0.05, 0) is 55.2 Å². The van der Waals surface area contributed by atoms with E-state index in [1.807, 2.05) is 0 Å². The zero-order valence-electron chi connectivity index (χ0n) is 12.9. The van der Waals surface area contributed by atoms with Gasteiger partial charge in [0.1, 0.15) is 0 Å². The molecule has 0 radical (unpaired) electrons. The summed E-state index contributed by atoms with van der Waals surface area (Å²) in [6, 6.07) is 5.23. The van der Waals surface area contributed by atoms with Gasteiger partial charge in [0, 0.05) is 11.1 Å². The lowest BCUT2D eigenvalue weighted by atomic mass is 9.71. The normalized spacial score (nSPS) is 22.9. The van der Waals surface area contributed by atoms with Crippen molar-refractivity contribution in [3.05, 3.63) is 33.8 Å². The molecule has 1 aromatic carbocycles. The highest BCUT2D eigenvalue weighted by Gasteiger charge is 2.30. The molecule has 2 rings (SSSR count). The number of hydrogen-bond donors (Lipinski definition) is 1. The van der Waals surface area contributed by atoms with Crippen LogP contribution in [0.15, 0.2) is 18.2 Å². The fraction of sp³-hybridized carbons (Fsp3) is 0.588. The maximum Gasteiger partial charge on any atom is 0.253 e. The standard InChI is InChI=1S/C17H23Cl2NO/c1-17(2,3)11-4-7-13(8-5-11)20-16(21)14-9-6-12(18)10-15(14)19/h6,9-11,13H,4-5,7-8H2,1-3H3,(H,20,21). The quantitative estimate of drug-likeness (QED) is 0.781. The Morgan fingerprint density at radius 2 is 1.76 bits per heavy atom. The second-order valence-corrected chi connectivity index (χ2v) is 7.86. The molecule has 0 bridgehead atoms. The molecular weight excluding hydrogens is 305 g/mol. The molecule has 1 aliphatic carbocycles. The summed E-state index contributed by atoms with van der Waals surface area (Å²) >= 11 is 11.9. The van der Waals surface area contributed by atoms with E-state index in [-0.39, 0.29) is 11.9 Å². The predicted molar refractivity (Wildman–Crippen MR) is 89.1 cm³/mol. The Hall–Kier alpha value is -0.730. The molecule has 0 aliphatic heterocycles. The van der Waals surface area contributed by atoms with Gasteiger partial charge in [-0.2, -0.15) is 0 Å². The third-order valence-corrected chi connectivity index (χ3v) is 5.01. The van der Waals surface area contributed by atoms with Crippen molar-refractivity contribution in [1.82, 2.24) is 5.32 Å². The summed E-state index contributed by atoms with van der Waals surface area (Å²) in [5.74, 6) is 0.639. The van der Waals surface area contributed by atoms with Crippen LogP contribution in [0.4, 0.5) is 0 Å². The van der Waals surface area contributed by atoms with Crippen molar-refractivity contribution >= 4 is 29.1 Å². The monoisotopic (exact) mass is 327 g/mol. The Bertz CT molecular complexity index is 514. The van der Waals surface area contributed by atoms with E-state index in [1.165, 1.54) is 12.8 Å². The van der Waals surface area contributed by atoms with Crippen molar-refractivity contribution in [3.8, 4) is 0 Å². The maximum atomic E-state index is 12.3. The van der Waals surface area contributed by atoms with Crippen LogP contribution in [0.5, 0.6) is 0 Å². The number of benzene rings is 1. The lowest BCUT2D eigenvalue weighted by Crippen LogP contribution is -2.39. The molecule has 0 atom stereocenters. The number of amides is 1. The van der Waals surface area contributed by atoms with Crippen molar-refractivity contribution in [2.24, 2.45) is 11.3 Å². The number of rotatable bonds is 2. The molecule has 1 saturated carbocycles. The minimum atomic E-state index is -0.101. The van der Waals surface area contributed by atoms with Crippen LogP contribution in [0.3, 0.4) is 0 Å². The van der Waals surface area contributed by atoms with Gasteiger partial charge < -0.3 is 5.32 Å². The summed E-state index contributed by atoms with van der Waals surface area (Å²) in [5.41, 5.74) is 0.855. The number of carbonyl (C=O) groups is 1. The zero-order valence-corrected chi connectivity index (χ0v) is 14.4. The molecule has 1 aliphatic rings. The van der Waals surface area contributed by atoms with Gasteiger partial charge in [0.2, 0.25) is 0 Å². The van der Waals surface area contributed by atoms with Crippen molar-refractivity contribution in [2.75, 3.05) is 0 Å². The van der Waals surface area contributed by atoms with Crippen molar-refractivity contribution in [3.63, 3.8) is 0 Å². The SMILES string of the molecule is CC(C)(C)C1CCC(NC(=O)c2ccc(Cl)cc2Cl)CC1. The van der Waals surface area contributed by atoms with Crippen LogP contribution in [0.25, 0.3) is 0 Å². The molecule has 116 valence electrons. The molecule has 0 aromatic heterocycles. The lowest BCUT2D eigenvalue weighted by molar-refractivity contribution is 0.0904. The van der Waals surface area contributed by atoms with Crippen molar-refractivity contribution < 1.29 is 4.79 Å². The largest absolute Gasteiger partial charge is 0.349 e. The van der Waals surface area contributed by atoms with Crippen LogP contribution in [0.1, 0.15) is 56.8 Å². The maximum absolute atomic E-state index is 12.3. The first-order chi connectivity index (χ1) is 9.77. The highest BCUT2D eigenvalue weighted by atomic mass is 35.5. The first-order valence-corrected chi connectivity index (χ1v) is 8.29. The van der Waals surface area contributed by atoms with Gasteiger partial charge in [0.25, 0.3) is 5.91 Å². The smallest absolute Gasteiger partial charge is 0.253 e. The first kappa shape index (κ1) is 16.6. The van der Waals surface area contributed by atoms with Crippen LogP contribution in [0.2, 0.25) is 10.0 Å². The van der Waals surface area contributed by atoms with E-state index in [4.69, 9.17) is 23.2 Å². The Balaban J connectivity index is 1.93. The molecule has 0 saturated heterocycles. The van der Waals surface area contributed by atoms with E-state index in [0.717, 1.165) is 18.8 Å². The molecule has 0 heterocycles. The topological polar surface area (TPSA) is 29.1 Å². The minimum absolute atomic E-state index is 0.101.